The Hall–Kier alpha value is -0.980. The van der Waals surface area contributed by atoms with E-state index in [2.05, 4.69) is 4.98 Å². The lowest BCUT2D eigenvalue weighted by Gasteiger charge is -2.13. The summed E-state index contributed by atoms with van der Waals surface area (Å²) in [6.07, 6.45) is 0. The quantitative estimate of drug-likeness (QED) is 0.857. The van der Waals surface area contributed by atoms with E-state index < -0.39 is 0 Å². The average molecular weight is 256 g/mol. The van der Waals surface area contributed by atoms with E-state index in [9.17, 15) is 4.79 Å². The number of hydrogen-bond donors (Lipinski definition) is 1. The number of nitrogens with zero attached hydrogens (tertiary/aromatic N) is 1. The van der Waals surface area contributed by atoms with E-state index in [1.54, 1.807) is 11.7 Å². The van der Waals surface area contributed by atoms with E-state index >= 15 is 0 Å². The number of aromatic nitrogens is 2. The molecule has 0 saturated heterocycles. The Bertz CT molecular complexity index is 611. The minimum atomic E-state index is -0.0643. The van der Waals surface area contributed by atoms with Crippen molar-refractivity contribution in [3.8, 4) is 0 Å². The Morgan fingerprint density at radius 2 is 2.44 bits per heavy atom. The van der Waals surface area contributed by atoms with Crippen molar-refractivity contribution in [1.29, 1.82) is 0 Å². The highest BCUT2D eigenvalue weighted by Crippen LogP contribution is 2.15. The van der Waals surface area contributed by atoms with E-state index in [-0.39, 0.29) is 11.6 Å². The number of nitrogens with one attached hydrogen (secondary N) is 1. The number of methoxy groups -OCH3 is 1. The van der Waals surface area contributed by atoms with Crippen molar-refractivity contribution >= 4 is 33.8 Å². The lowest BCUT2D eigenvalue weighted by atomic mass is 10.3. The second-order valence-corrected chi connectivity index (χ2v) is 4.88. The topological polar surface area (TPSA) is 47.0 Å². The Morgan fingerprint density at radius 1 is 1.69 bits per heavy atom. The van der Waals surface area contributed by atoms with Crippen molar-refractivity contribution in [3.05, 3.63) is 26.6 Å². The summed E-state index contributed by atoms with van der Waals surface area (Å²) >= 11 is 6.66. The molecule has 0 spiro atoms. The van der Waals surface area contributed by atoms with Gasteiger partial charge in [0, 0.05) is 7.11 Å². The van der Waals surface area contributed by atoms with Crippen molar-refractivity contribution < 1.29 is 4.74 Å². The molecule has 2 rings (SSSR count). The summed E-state index contributed by atoms with van der Waals surface area (Å²) in [6.45, 7) is 2.37. The van der Waals surface area contributed by atoms with Gasteiger partial charge in [-0.1, -0.05) is 0 Å². The van der Waals surface area contributed by atoms with Gasteiger partial charge >= 0.3 is 0 Å². The molecule has 1 atom stereocenters. The molecule has 2 heterocycles. The molecule has 0 aliphatic heterocycles. The molecule has 86 valence electrons. The van der Waals surface area contributed by atoms with Gasteiger partial charge in [0.15, 0.2) is 4.77 Å². The molecule has 16 heavy (non-hydrogen) atoms. The first-order chi connectivity index (χ1) is 7.65. The molecule has 4 nitrogen and oxygen atoms in total. The van der Waals surface area contributed by atoms with Crippen LogP contribution in [0.15, 0.2) is 16.2 Å². The molecular formula is C10H12N2O2S2. The van der Waals surface area contributed by atoms with Gasteiger partial charge in [-0.25, -0.2) is 0 Å². The maximum Gasteiger partial charge on any atom is 0.263 e. The molecule has 6 heteroatoms. The first-order valence-corrected chi connectivity index (χ1v) is 6.15. The fraction of sp³-hybridized carbons (Fsp3) is 0.400. The van der Waals surface area contributed by atoms with Gasteiger partial charge in [-0.2, -0.15) is 0 Å². The van der Waals surface area contributed by atoms with E-state index in [1.807, 2.05) is 18.4 Å². The predicted octanol–water partition coefficient (Wildman–Crippen LogP) is 2.33. The molecule has 2 aromatic rings. The normalized spacial score (nSPS) is 13.1. The van der Waals surface area contributed by atoms with Gasteiger partial charge in [0.05, 0.1) is 18.0 Å². The molecule has 0 radical (unpaired) electrons. The number of aromatic amines is 1. The Kier molecular flexibility index (Phi) is 3.22. The maximum atomic E-state index is 12.2. The maximum absolute atomic E-state index is 12.2. The number of H-pyrrole nitrogens is 1. The summed E-state index contributed by atoms with van der Waals surface area (Å²) in [5.41, 5.74) is -0.0513. The smallest absolute Gasteiger partial charge is 0.263 e. The van der Waals surface area contributed by atoms with Crippen LogP contribution in [0, 0.1) is 4.77 Å². The molecular weight excluding hydrogens is 244 g/mol. The zero-order chi connectivity index (χ0) is 11.7. The van der Waals surface area contributed by atoms with Gasteiger partial charge < -0.3 is 9.72 Å². The SMILES string of the molecule is COCC(C)n1c(=S)[nH]c2sccc2c1=O. The third kappa shape index (κ3) is 1.83. The van der Waals surface area contributed by atoms with Crippen LogP contribution in [0.1, 0.15) is 13.0 Å². The molecule has 0 aliphatic carbocycles. The van der Waals surface area contributed by atoms with Crippen LogP contribution in [0.25, 0.3) is 10.2 Å². The van der Waals surface area contributed by atoms with Gasteiger partial charge in [0.2, 0.25) is 0 Å². The second-order valence-electron chi connectivity index (χ2n) is 3.57. The standard InChI is InChI=1S/C10H12N2O2S2/c1-6(5-14-2)12-9(13)7-3-4-16-8(7)11-10(12)15/h3-4,6H,5H2,1-2H3,(H,11,15). The van der Waals surface area contributed by atoms with Crippen LogP contribution in [0.3, 0.4) is 0 Å². The molecule has 1 unspecified atom stereocenters. The van der Waals surface area contributed by atoms with E-state index in [1.165, 1.54) is 11.3 Å². The molecule has 0 saturated carbocycles. The zero-order valence-corrected chi connectivity index (χ0v) is 10.7. The molecule has 0 amide bonds. The lowest BCUT2D eigenvalue weighted by molar-refractivity contribution is 0.160. The fourth-order valence-electron chi connectivity index (χ4n) is 1.67. The van der Waals surface area contributed by atoms with Crippen molar-refractivity contribution in [2.45, 2.75) is 13.0 Å². The Labute approximate surface area is 101 Å². The monoisotopic (exact) mass is 256 g/mol. The largest absolute Gasteiger partial charge is 0.383 e. The third-order valence-electron chi connectivity index (χ3n) is 2.40. The van der Waals surface area contributed by atoms with Crippen LogP contribution in [0.5, 0.6) is 0 Å². The van der Waals surface area contributed by atoms with Gasteiger partial charge in [-0.05, 0) is 30.6 Å². The molecule has 0 fully saturated rings. The van der Waals surface area contributed by atoms with Crippen molar-refractivity contribution in [2.75, 3.05) is 13.7 Å². The number of hydrogen-bond acceptors (Lipinski definition) is 4. The Morgan fingerprint density at radius 3 is 3.12 bits per heavy atom. The van der Waals surface area contributed by atoms with Gasteiger partial charge in [-0.15, -0.1) is 11.3 Å². The number of ether oxygens (including phenoxy) is 1. The average Bonchev–Trinajstić information content (AvgIpc) is 2.66. The van der Waals surface area contributed by atoms with Crippen LogP contribution >= 0.6 is 23.6 Å². The van der Waals surface area contributed by atoms with Crippen molar-refractivity contribution in [3.63, 3.8) is 0 Å². The van der Waals surface area contributed by atoms with Crippen LogP contribution in [0.2, 0.25) is 0 Å². The number of fused-ring (bicyclic) bond motifs is 1. The molecule has 0 aromatic carbocycles. The molecule has 0 aliphatic rings. The van der Waals surface area contributed by atoms with Crippen LogP contribution < -0.4 is 5.56 Å². The predicted molar refractivity (Wildman–Crippen MR) is 67.9 cm³/mol. The van der Waals surface area contributed by atoms with E-state index in [0.717, 1.165) is 4.83 Å². The molecule has 0 bridgehead atoms. The summed E-state index contributed by atoms with van der Waals surface area (Å²) in [6, 6.07) is 1.74. The van der Waals surface area contributed by atoms with Gasteiger partial charge in [0.25, 0.3) is 5.56 Å². The first kappa shape index (κ1) is 11.5. The van der Waals surface area contributed by atoms with Crippen LogP contribution in [-0.4, -0.2) is 23.3 Å². The minimum absolute atomic E-state index is 0.0513. The fourth-order valence-corrected chi connectivity index (χ4v) is 2.88. The number of thiophene rings is 1. The zero-order valence-electron chi connectivity index (χ0n) is 9.02. The summed E-state index contributed by atoms with van der Waals surface area (Å²) in [7, 11) is 1.61. The van der Waals surface area contributed by atoms with Crippen molar-refractivity contribution in [2.24, 2.45) is 0 Å². The summed E-state index contributed by atoms with van der Waals surface area (Å²) < 4.78 is 7.06. The highest BCUT2D eigenvalue weighted by Gasteiger charge is 2.11. The van der Waals surface area contributed by atoms with E-state index in [4.69, 9.17) is 17.0 Å². The second kappa shape index (κ2) is 4.48. The lowest BCUT2D eigenvalue weighted by Crippen LogP contribution is -2.27. The van der Waals surface area contributed by atoms with E-state index in [0.29, 0.717) is 16.8 Å². The summed E-state index contributed by atoms with van der Waals surface area (Å²) in [5.74, 6) is 0. The minimum Gasteiger partial charge on any atom is -0.383 e. The first-order valence-electron chi connectivity index (χ1n) is 4.86. The third-order valence-corrected chi connectivity index (χ3v) is 3.53. The summed E-state index contributed by atoms with van der Waals surface area (Å²) in [5, 5.41) is 2.56. The summed E-state index contributed by atoms with van der Waals surface area (Å²) in [4.78, 5) is 16.0. The Balaban J connectivity index is 2.69. The molecule has 2 aromatic heterocycles. The van der Waals surface area contributed by atoms with Crippen molar-refractivity contribution in [1.82, 2.24) is 9.55 Å². The van der Waals surface area contributed by atoms with Crippen LogP contribution in [-0.2, 0) is 4.74 Å². The highest BCUT2D eigenvalue weighted by atomic mass is 32.1. The number of rotatable bonds is 3. The molecule has 1 N–H and O–H groups in total. The van der Waals surface area contributed by atoms with Gasteiger partial charge in [-0.3, -0.25) is 9.36 Å². The van der Waals surface area contributed by atoms with Gasteiger partial charge in [0.1, 0.15) is 4.83 Å². The van der Waals surface area contributed by atoms with Crippen LogP contribution in [0.4, 0.5) is 0 Å². The highest BCUT2D eigenvalue weighted by molar-refractivity contribution is 7.71.